The lowest BCUT2D eigenvalue weighted by atomic mass is 9.78. The van der Waals surface area contributed by atoms with E-state index in [1.807, 2.05) is 17.8 Å². The van der Waals surface area contributed by atoms with E-state index in [1.54, 1.807) is 0 Å². The predicted octanol–water partition coefficient (Wildman–Crippen LogP) is 3.62. The topological polar surface area (TPSA) is 72.2 Å². The summed E-state index contributed by atoms with van der Waals surface area (Å²) in [6, 6.07) is 2.83. The molecule has 0 amide bonds. The molecule has 0 radical (unpaired) electrons. The Morgan fingerprint density at radius 2 is 1.74 bits per heavy atom. The molecule has 3 aromatic rings. The van der Waals surface area contributed by atoms with Crippen LogP contribution in [0.3, 0.4) is 0 Å². The number of hydrogen-bond acceptors (Lipinski definition) is 7. The summed E-state index contributed by atoms with van der Waals surface area (Å²) in [5.74, 6) is 0.727. The monoisotopic (exact) mass is 473 g/mol. The molecule has 0 unspecified atom stereocenters. The highest BCUT2D eigenvalue weighted by Gasteiger charge is 2.41. The van der Waals surface area contributed by atoms with Crippen LogP contribution in [0.2, 0.25) is 0 Å². The number of hydrogen-bond donors (Lipinski definition) is 0. The van der Waals surface area contributed by atoms with Gasteiger partial charge in [0.05, 0.1) is 36.2 Å². The van der Waals surface area contributed by atoms with Crippen molar-refractivity contribution in [1.82, 2.24) is 24.7 Å². The van der Waals surface area contributed by atoms with Crippen LogP contribution in [-0.4, -0.2) is 64.1 Å². The fourth-order valence-corrected chi connectivity index (χ4v) is 5.31. The Morgan fingerprint density at radius 3 is 2.35 bits per heavy atom. The smallest absolute Gasteiger partial charge is 0.377 e. The van der Waals surface area contributed by atoms with Gasteiger partial charge in [0.2, 0.25) is 5.95 Å². The average molecular weight is 474 g/mol. The van der Waals surface area contributed by atoms with Crippen LogP contribution in [0.5, 0.6) is 0 Å². The number of fused-ring (bicyclic) bond motifs is 1. The van der Waals surface area contributed by atoms with Gasteiger partial charge in [0.15, 0.2) is 5.65 Å². The van der Waals surface area contributed by atoms with Crippen molar-refractivity contribution in [3.8, 4) is 0 Å². The molecule has 0 aliphatic carbocycles. The Balaban J connectivity index is 1.14. The molecule has 34 heavy (non-hydrogen) atoms. The van der Waals surface area contributed by atoms with Gasteiger partial charge in [0.1, 0.15) is 11.7 Å². The first-order valence-electron chi connectivity index (χ1n) is 11.6. The summed E-state index contributed by atoms with van der Waals surface area (Å²) in [5, 5.41) is 5.63. The molecule has 3 fully saturated rings. The number of pyridine rings is 1. The SMILES string of the molecule is Cc1nn(C2COC2)c2nc(N3CCC4(CCN(c5ccc(C(F)(F)F)nc5)C4)CC3)ncc12. The van der Waals surface area contributed by atoms with Crippen molar-refractivity contribution in [1.29, 1.82) is 0 Å². The van der Waals surface area contributed by atoms with E-state index >= 15 is 0 Å². The maximum atomic E-state index is 12.8. The van der Waals surface area contributed by atoms with Crippen LogP contribution in [0.1, 0.15) is 36.7 Å². The van der Waals surface area contributed by atoms with Gasteiger partial charge in [-0.2, -0.15) is 23.3 Å². The van der Waals surface area contributed by atoms with Gasteiger partial charge in [-0.15, -0.1) is 0 Å². The molecule has 0 saturated carbocycles. The second-order valence-corrected chi connectivity index (χ2v) is 9.69. The van der Waals surface area contributed by atoms with E-state index in [-0.39, 0.29) is 11.5 Å². The van der Waals surface area contributed by atoms with Crippen LogP contribution in [-0.2, 0) is 10.9 Å². The molecule has 0 aromatic carbocycles. The van der Waals surface area contributed by atoms with Crippen LogP contribution < -0.4 is 9.80 Å². The van der Waals surface area contributed by atoms with E-state index in [1.165, 1.54) is 12.3 Å². The zero-order valence-corrected chi connectivity index (χ0v) is 18.9. The standard InChI is InChI=1S/C23H26F3N7O/c1-15-18-11-28-21(29-20(18)33(30-15)17-12-34-13-17)31-7-4-22(5-8-31)6-9-32(14-22)16-2-3-19(27-10-16)23(24,25)26/h2-3,10-11,17H,4-9,12-14H2,1H3. The lowest BCUT2D eigenvalue weighted by Crippen LogP contribution is -2.42. The molecule has 6 heterocycles. The van der Waals surface area contributed by atoms with E-state index in [4.69, 9.17) is 9.72 Å². The van der Waals surface area contributed by atoms with Gasteiger partial charge in [-0.25, -0.2) is 14.6 Å². The average Bonchev–Trinajstić information content (AvgIpc) is 3.34. The summed E-state index contributed by atoms with van der Waals surface area (Å²) in [6.45, 7) is 6.66. The third-order valence-corrected chi connectivity index (χ3v) is 7.54. The Morgan fingerprint density at radius 1 is 1.00 bits per heavy atom. The molecule has 11 heteroatoms. The summed E-state index contributed by atoms with van der Waals surface area (Å²) in [5.41, 5.74) is 1.85. The third-order valence-electron chi connectivity index (χ3n) is 7.54. The molecular weight excluding hydrogens is 447 g/mol. The van der Waals surface area contributed by atoms with Gasteiger partial charge >= 0.3 is 6.18 Å². The van der Waals surface area contributed by atoms with Crippen molar-refractivity contribution in [2.45, 2.75) is 38.4 Å². The van der Waals surface area contributed by atoms with Crippen LogP contribution in [0.25, 0.3) is 11.0 Å². The molecule has 6 rings (SSSR count). The van der Waals surface area contributed by atoms with Gasteiger partial charge in [0.25, 0.3) is 0 Å². The normalized spacial score (nSPS) is 20.9. The van der Waals surface area contributed by atoms with Crippen LogP contribution in [0.15, 0.2) is 24.5 Å². The molecule has 1 spiro atoms. The minimum absolute atomic E-state index is 0.158. The zero-order valence-electron chi connectivity index (χ0n) is 18.9. The molecule has 180 valence electrons. The first-order chi connectivity index (χ1) is 16.3. The first kappa shape index (κ1) is 21.6. The number of nitrogens with zero attached hydrogens (tertiary/aromatic N) is 7. The third kappa shape index (κ3) is 3.66. The van der Waals surface area contributed by atoms with Gasteiger partial charge in [-0.3, -0.25) is 0 Å². The van der Waals surface area contributed by atoms with E-state index < -0.39 is 11.9 Å². The highest BCUT2D eigenvalue weighted by Crippen LogP contribution is 2.42. The molecule has 0 bridgehead atoms. The summed E-state index contributed by atoms with van der Waals surface area (Å²) < 4.78 is 45.8. The van der Waals surface area contributed by atoms with Crippen molar-refractivity contribution in [2.75, 3.05) is 49.2 Å². The van der Waals surface area contributed by atoms with Crippen molar-refractivity contribution >= 4 is 22.7 Å². The second kappa shape index (κ2) is 7.79. The molecule has 3 aromatic heterocycles. The second-order valence-electron chi connectivity index (χ2n) is 9.69. The van der Waals surface area contributed by atoms with Crippen LogP contribution >= 0.6 is 0 Å². The fraction of sp³-hybridized carbons (Fsp3) is 0.565. The maximum Gasteiger partial charge on any atom is 0.433 e. The largest absolute Gasteiger partial charge is 0.433 e. The lowest BCUT2D eigenvalue weighted by Gasteiger charge is -2.39. The molecule has 3 aliphatic heterocycles. The minimum atomic E-state index is -4.41. The van der Waals surface area contributed by atoms with Gasteiger partial charge in [-0.1, -0.05) is 0 Å². The Bertz CT molecular complexity index is 1200. The number of aryl methyl sites for hydroxylation is 1. The molecule has 0 atom stereocenters. The fourth-order valence-electron chi connectivity index (χ4n) is 5.31. The number of rotatable bonds is 3. The highest BCUT2D eigenvalue weighted by molar-refractivity contribution is 5.78. The lowest BCUT2D eigenvalue weighted by molar-refractivity contribution is -0.141. The number of aromatic nitrogens is 5. The van der Waals surface area contributed by atoms with Crippen molar-refractivity contribution in [3.05, 3.63) is 35.9 Å². The highest BCUT2D eigenvalue weighted by atomic mass is 19.4. The zero-order chi connectivity index (χ0) is 23.5. The quantitative estimate of drug-likeness (QED) is 0.575. The van der Waals surface area contributed by atoms with Crippen molar-refractivity contribution < 1.29 is 17.9 Å². The number of anilines is 2. The molecular formula is C23H26F3N7O. The minimum Gasteiger partial charge on any atom is -0.377 e. The van der Waals surface area contributed by atoms with Crippen LogP contribution in [0.4, 0.5) is 24.8 Å². The van der Waals surface area contributed by atoms with E-state index in [9.17, 15) is 13.2 Å². The number of alkyl halides is 3. The van der Waals surface area contributed by atoms with E-state index in [0.717, 1.165) is 79.9 Å². The summed E-state index contributed by atoms with van der Waals surface area (Å²) in [7, 11) is 0. The Hall–Kier alpha value is -2.95. The first-order valence-corrected chi connectivity index (χ1v) is 11.6. The van der Waals surface area contributed by atoms with E-state index in [0.29, 0.717) is 13.2 Å². The Labute approximate surface area is 194 Å². The number of halogens is 3. The summed E-state index contributed by atoms with van der Waals surface area (Å²) in [6.07, 6.45) is 1.81. The van der Waals surface area contributed by atoms with Gasteiger partial charge in [-0.05, 0) is 43.7 Å². The van der Waals surface area contributed by atoms with Crippen molar-refractivity contribution in [2.24, 2.45) is 5.41 Å². The van der Waals surface area contributed by atoms with Gasteiger partial charge < -0.3 is 14.5 Å². The summed E-state index contributed by atoms with van der Waals surface area (Å²) >= 11 is 0. The van der Waals surface area contributed by atoms with E-state index in [2.05, 4.69) is 24.9 Å². The summed E-state index contributed by atoms with van der Waals surface area (Å²) in [4.78, 5) is 17.5. The molecule has 3 aliphatic rings. The number of piperidine rings is 1. The van der Waals surface area contributed by atoms with Crippen molar-refractivity contribution in [3.63, 3.8) is 0 Å². The van der Waals surface area contributed by atoms with Crippen LogP contribution in [0, 0.1) is 12.3 Å². The van der Waals surface area contributed by atoms with Gasteiger partial charge in [0, 0.05) is 32.4 Å². The maximum absolute atomic E-state index is 12.8. The molecule has 3 saturated heterocycles. The Kier molecular flexibility index (Phi) is 4.94. The molecule has 0 N–H and O–H groups in total. The molecule has 8 nitrogen and oxygen atoms in total. The predicted molar refractivity (Wildman–Crippen MR) is 120 cm³/mol. The number of ether oxygens (including phenoxy) is 1.